The molecule has 1 aromatic carbocycles. The molecule has 2 nitrogen and oxygen atoms in total. The summed E-state index contributed by atoms with van der Waals surface area (Å²) >= 11 is 5.24. The highest BCUT2D eigenvalue weighted by molar-refractivity contribution is 9.11. The first-order valence-electron chi connectivity index (χ1n) is 5.72. The molecule has 0 fully saturated rings. The van der Waals surface area contributed by atoms with Crippen LogP contribution in [0.5, 0.6) is 0 Å². The van der Waals surface area contributed by atoms with Crippen LogP contribution in [-0.4, -0.2) is 6.54 Å². The number of nitrogens with zero attached hydrogens (tertiary/aromatic N) is 1. The number of nitrogens with one attached hydrogen (secondary N) is 1. The van der Waals surface area contributed by atoms with Crippen LogP contribution in [0.3, 0.4) is 0 Å². The van der Waals surface area contributed by atoms with Crippen molar-refractivity contribution in [2.75, 3.05) is 6.54 Å². The highest BCUT2D eigenvalue weighted by Crippen LogP contribution is 2.22. The largest absolute Gasteiger partial charge is 0.312 e. The highest BCUT2D eigenvalue weighted by atomic mass is 79.9. The lowest BCUT2D eigenvalue weighted by molar-refractivity contribution is 0.690. The lowest BCUT2D eigenvalue weighted by atomic mass is 10.1. The molecule has 0 spiro atoms. The molecule has 0 radical (unpaired) electrons. The molecule has 1 N–H and O–H groups in total. The molecule has 0 bridgehead atoms. The lowest BCUT2D eigenvalue weighted by Crippen LogP contribution is -2.16. The summed E-state index contributed by atoms with van der Waals surface area (Å²) in [5.41, 5.74) is 1.92. The third-order valence-electron chi connectivity index (χ3n) is 2.59. The van der Waals surface area contributed by atoms with E-state index in [0.717, 1.165) is 19.5 Å². The van der Waals surface area contributed by atoms with E-state index in [1.807, 2.05) is 24.3 Å². The summed E-state index contributed by atoms with van der Waals surface area (Å²) < 4.78 is 1.18. The van der Waals surface area contributed by atoms with Crippen LogP contribution >= 0.6 is 27.3 Å². The molecule has 0 aliphatic carbocycles. The van der Waals surface area contributed by atoms with Crippen LogP contribution in [0.25, 0.3) is 0 Å². The summed E-state index contributed by atoms with van der Waals surface area (Å²) in [5.74, 6) is 0. The normalized spacial score (nSPS) is 10.2. The molecule has 0 atom stereocenters. The monoisotopic (exact) mass is 320 g/mol. The van der Waals surface area contributed by atoms with Gasteiger partial charge in [0.2, 0.25) is 0 Å². The molecule has 18 heavy (non-hydrogen) atoms. The van der Waals surface area contributed by atoms with Crippen LogP contribution in [-0.2, 0) is 13.0 Å². The van der Waals surface area contributed by atoms with E-state index in [2.05, 4.69) is 39.4 Å². The van der Waals surface area contributed by atoms with Crippen molar-refractivity contribution in [1.29, 1.82) is 5.26 Å². The van der Waals surface area contributed by atoms with Crippen molar-refractivity contribution in [3.05, 3.63) is 56.2 Å². The van der Waals surface area contributed by atoms with Gasteiger partial charge in [0.15, 0.2) is 0 Å². The molecule has 4 heteroatoms. The molecule has 1 heterocycles. The van der Waals surface area contributed by atoms with Gasteiger partial charge < -0.3 is 5.32 Å². The predicted molar refractivity (Wildman–Crippen MR) is 78.6 cm³/mol. The molecular weight excluding hydrogens is 308 g/mol. The van der Waals surface area contributed by atoms with E-state index < -0.39 is 0 Å². The molecule has 1 aromatic heterocycles. The third-order valence-corrected chi connectivity index (χ3v) is 4.27. The number of thiophene rings is 1. The first-order chi connectivity index (χ1) is 8.78. The van der Waals surface area contributed by atoms with Gasteiger partial charge in [0, 0.05) is 18.0 Å². The van der Waals surface area contributed by atoms with E-state index in [9.17, 15) is 0 Å². The van der Waals surface area contributed by atoms with Crippen molar-refractivity contribution < 1.29 is 0 Å². The number of halogens is 1. The van der Waals surface area contributed by atoms with E-state index in [-0.39, 0.29) is 0 Å². The van der Waals surface area contributed by atoms with E-state index in [1.165, 1.54) is 14.2 Å². The summed E-state index contributed by atoms with van der Waals surface area (Å²) in [6.07, 6.45) is 1.05. The van der Waals surface area contributed by atoms with Crippen LogP contribution in [0.2, 0.25) is 0 Å². The summed E-state index contributed by atoms with van der Waals surface area (Å²) in [6.45, 7) is 1.81. The van der Waals surface area contributed by atoms with E-state index >= 15 is 0 Å². The Morgan fingerprint density at radius 3 is 2.56 bits per heavy atom. The Labute approximate surface area is 119 Å². The number of hydrogen-bond acceptors (Lipinski definition) is 3. The molecule has 2 rings (SSSR count). The molecule has 0 unspecified atom stereocenters. The average Bonchev–Trinajstić information content (AvgIpc) is 2.81. The second kappa shape index (κ2) is 6.69. The first kappa shape index (κ1) is 13.3. The Morgan fingerprint density at radius 1 is 1.17 bits per heavy atom. The Bertz CT molecular complexity index is 540. The van der Waals surface area contributed by atoms with Gasteiger partial charge in [-0.15, -0.1) is 11.3 Å². The molecule has 0 aliphatic heterocycles. The highest BCUT2D eigenvalue weighted by Gasteiger charge is 1.98. The summed E-state index contributed by atoms with van der Waals surface area (Å²) in [6, 6.07) is 14.1. The summed E-state index contributed by atoms with van der Waals surface area (Å²) in [4.78, 5) is 1.38. The standard InChI is InChI=1S/C14H13BrN2S/c15-14-6-5-13(18-14)7-8-17-10-12-3-1-11(9-16)2-4-12/h1-6,17H,7-8,10H2. The second-order valence-electron chi connectivity index (χ2n) is 3.94. The van der Waals surface area contributed by atoms with Crippen LogP contribution in [0.15, 0.2) is 40.2 Å². The molecule has 0 saturated carbocycles. The minimum Gasteiger partial charge on any atom is -0.312 e. The fourth-order valence-corrected chi connectivity index (χ4v) is 3.11. The maximum absolute atomic E-state index is 8.70. The van der Waals surface area contributed by atoms with E-state index in [1.54, 1.807) is 11.3 Å². The van der Waals surface area contributed by atoms with Gasteiger partial charge in [-0.25, -0.2) is 0 Å². The van der Waals surface area contributed by atoms with Gasteiger partial charge in [-0.05, 0) is 52.2 Å². The quantitative estimate of drug-likeness (QED) is 0.852. The zero-order valence-corrected chi connectivity index (χ0v) is 12.2. The smallest absolute Gasteiger partial charge is 0.0991 e. The van der Waals surface area contributed by atoms with Gasteiger partial charge in [-0.1, -0.05) is 12.1 Å². The average molecular weight is 321 g/mol. The minimum atomic E-state index is 0.710. The topological polar surface area (TPSA) is 35.8 Å². The molecule has 92 valence electrons. The van der Waals surface area contributed by atoms with Crippen molar-refractivity contribution in [3.63, 3.8) is 0 Å². The summed E-state index contributed by atoms with van der Waals surface area (Å²) in [5, 5.41) is 12.1. The molecule has 2 aromatic rings. The molecule has 0 saturated heterocycles. The SMILES string of the molecule is N#Cc1ccc(CNCCc2ccc(Br)s2)cc1. The van der Waals surface area contributed by atoms with Gasteiger partial charge in [0.1, 0.15) is 0 Å². The van der Waals surface area contributed by atoms with E-state index in [0.29, 0.717) is 5.56 Å². The fourth-order valence-electron chi connectivity index (χ4n) is 1.63. The molecule has 0 amide bonds. The maximum Gasteiger partial charge on any atom is 0.0991 e. The predicted octanol–water partition coefficient (Wildman–Crippen LogP) is 3.71. The van der Waals surface area contributed by atoms with Crippen LogP contribution < -0.4 is 5.32 Å². The fraction of sp³-hybridized carbons (Fsp3) is 0.214. The molecular formula is C14H13BrN2S. The number of rotatable bonds is 5. The zero-order chi connectivity index (χ0) is 12.8. The zero-order valence-electron chi connectivity index (χ0n) is 9.82. The van der Waals surface area contributed by atoms with Gasteiger partial charge in [-0.3, -0.25) is 0 Å². The minimum absolute atomic E-state index is 0.710. The van der Waals surface area contributed by atoms with Crippen molar-refractivity contribution in [2.24, 2.45) is 0 Å². The Morgan fingerprint density at radius 2 is 1.94 bits per heavy atom. The van der Waals surface area contributed by atoms with Crippen molar-refractivity contribution in [2.45, 2.75) is 13.0 Å². The Balaban J connectivity index is 1.73. The van der Waals surface area contributed by atoms with Gasteiger partial charge in [-0.2, -0.15) is 5.26 Å². The van der Waals surface area contributed by atoms with Gasteiger partial charge in [0.25, 0.3) is 0 Å². The van der Waals surface area contributed by atoms with Gasteiger partial charge in [0.05, 0.1) is 15.4 Å². The number of benzene rings is 1. The van der Waals surface area contributed by atoms with Crippen molar-refractivity contribution >= 4 is 27.3 Å². The van der Waals surface area contributed by atoms with Gasteiger partial charge >= 0.3 is 0 Å². The maximum atomic E-state index is 8.70. The number of hydrogen-bond donors (Lipinski definition) is 1. The van der Waals surface area contributed by atoms with E-state index in [4.69, 9.17) is 5.26 Å². The number of nitriles is 1. The first-order valence-corrected chi connectivity index (χ1v) is 7.33. The second-order valence-corrected chi connectivity index (χ2v) is 6.49. The van der Waals surface area contributed by atoms with Crippen LogP contribution in [0.1, 0.15) is 16.0 Å². The summed E-state index contributed by atoms with van der Waals surface area (Å²) in [7, 11) is 0. The van der Waals surface area contributed by atoms with Crippen molar-refractivity contribution in [1.82, 2.24) is 5.32 Å². The third kappa shape index (κ3) is 3.95. The Hall–Kier alpha value is -1.15. The Kier molecular flexibility index (Phi) is 4.94. The van der Waals surface area contributed by atoms with Crippen LogP contribution in [0, 0.1) is 11.3 Å². The van der Waals surface area contributed by atoms with Crippen molar-refractivity contribution in [3.8, 4) is 6.07 Å². The van der Waals surface area contributed by atoms with Crippen LogP contribution in [0.4, 0.5) is 0 Å². The molecule has 0 aliphatic rings. The lowest BCUT2D eigenvalue weighted by Gasteiger charge is -2.04.